The van der Waals surface area contributed by atoms with Gasteiger partial charge in [-0.05, 0) is 18.9 Å². The zero-order valence-corrected chi connectivity index (χ0v) is 12.7. The predicted octanol–water partition coefficient (Wildman–Crippen LogP) is 1.70. The van der Waals surface area contributed by atoms with E-state index in [1.807, 2.05) is 37.3 Å². The van der Waals surface area contributed by atoms with Crippen LogP contribution in [0.5, 0.6) is 0 Å². The molecule has 2 heterocycles. The molecule has 2 atom stereocenters. The monoisotopic (exact) mass is 303 g/mol. The van der Waals surface area contributed by atoms with Crippen LogP contribution in [0.2, 0.25) is 0 Å². The first kappa shape index (κ1) is 15.1. The van der Waals surface area contributed by atoms with E-state index in [-0.39, 0.29) is 6.04 Å². The summed E-state index contributed by atoms with van der Waals surface area (Å²) in [6.07, 6.45) is 0.122. The largest absolute Gasteiger partial charge is 0.388 e. The fraction of sp³-hybridized carbons (Fsp3) is 0.500. The summed E-state index contributed by atoms with van der Waals surface area (Å²) < 4.78 is 10.8. The van der Waals surface area contributed by atoms with Gasteiger partial charge in [-0.2, -0.15) is 4.98 Å². The topological polar surface area (TPSA) is 71.6 Å². The number of aryl methyl sites for hydroxylation is 1. The maximum atomic E-state index is 10.4. The third-order valence-electron chi connectivity index (χ3n) is 3.94. The van der Waals surface area contributed by atoms with Crippen LogP contribution in [-0.2, 0) is 11.3 Å². The Labute approximate surface area is 129 Å². The van der Waals surface area contributed by atoms with Crippen molar-refractivity contribution in [3.8, 4) is 0 Å². The van der Waals surface area contributed by atoms with Gasteiger partial charge >= 0.3 is 0 Å². The van der Waals surface area contributed by atoms with Crippen LogP contribution in [0, 0.1) is 6.92 Å². The van der Waals surface area contributed by atoms with Crippen molar-refractivity contribution in [2.45, 2.75) is 32.0 Å². The van der Waals surface area contributed by atoms with Gasteiger partial charge in [0, 0.05) is 12.6 Å². The molecule has 1 saturated heterocycles. The molecule has 0 radical (unpaired) electrons. The summed E-state index contributed by atoms with van der Waals surface area (Å²) in [5, 5.41) is 14.2. The number of nitrogens with zero attached hydrogens (tertiary/aromatic N) is 3. The van der Waals surface area contributed by atoms with Crippen molar-refractivity contribution < 1.29 is 14.4 Å². The second-order valence-corrected chi connectivity index (χ2v) is 5.60. The lowest BCUT2D eigenvalue weighted by Gasteiger charge is -2.35. The molecule has 22 heavy (non-hydrogen) atoms. The number of aliphatic hydroxyl groups is 1. The molecule has 6 nitrogen and oxygen atoms in total. The fourth-order valence-electron chi connectivity index (χ4n) is 2.76. The highest BCUT2D eigenvalue weighted by Gasteiger charge is 2.27. The minimum absolute atomic E-state index is 0.135. The standard InChI is InChI=1S/C16H21N3O3/c1-12-17-16(22-18-12)10-19-7-8-21-11-14(19)9-15(20)13-5-3-2-4-6-13/h2-6,14-15,20H,7-11H2,1H3. The average Bonchev–Trinajstić information content (AvgIpc) is 2.95. The van der Waals surface area contributed by atoms with Crippen molar-refractivity contribution in [1.82, 2.24) is 15.0 Å². The van der Waals surface area contributed by atoms with Crippen molar-refractivity contribution >= 4 is 0 Å². The Morgan fingerprint density at radius 2 is 2.18 bits per heavy atom. The van der Waals surface area contributed by atoms with E-state index in [2.05, 4.69) is 15.0 Å². The molecule has 0 saturated carbocycles. The van der Waals surface area contributed by atoms with Crippen molar-refractivity contribution in [3.63, 3.8) is 0 Å². The summed E-state index contributed by atoms with van der Waals surface area (Å²) in [5.41, 5.74) is 0.932. The SMILES string of the molecule is Cc1noc(CN2CCOCC2CC(O)c2ccccc2)n1. The number of hydrogen-bond donors (Lipinski definition) is 1. The summed E-state index contributed by atoms with van der Waals surface area (Å²) >= 11 is 0. The lowest BCUT2D eigenvalue weighted by atomic mass is 10.0. The molecule has 1 fully saturated rings. The zero-order chi connectivity index (χ0) is 15.4. The number of aromatic nitrogens is 2. The molecular formula is C16H21N3O3. The van der Waals surface area contributed by atoms with Crippen LogP contribution in [0.3, 0.4) is 0 Å². The molecule has 2 unspecified atom stereocenters. The highest BCUT2D eigenvalue weighted by atomic mass is 16.5. The first-order chi connectivity index (χ1) is 10.7. The quantitative estimate of drug-likeness (QED) is 0.906. The Kier molecular flexibility index (Phi) is 4.82. The smallest absolute Gasteiger partial charge is 0.240 e. The molecule has 1 aliphatic rings. The Balaban J connectivity index is 1.64. The third-order valence-corrected chi connectivity index (χ3v) is 3.94. The van der Waals surface area contributed by atoms with Gasteiger partial charge in [-0.1, -0.05) is 35.5 Å². The van der Waals surface area contributed by atoms with E-state index in [0.717, 1.165) is 12.1 Å². The Morgan fingerprint density at radius 1 is 1.36 bits per heavy atom. The summed E-state index contributed by atoms with van der Waals surface area (Å²) in [6, 6.07) is 9.85. The van der Waals surface area contributed by atoms with Gasteiger partial charge in [0.15, 0.2) is 5.82 Å². The first-order valence-electron chi connectivity index (χ1n) is 7.56. The van der Waals surface area contributed by atoms with Crippen LogP contribution in [0.4, 0.5) is 0 Å². The third kappa shape index (κ3) is 3.71. The van der Waals surface area contributed by atoms with Crippen LogP contribution in [0.1, 0.15) is 29.8 Å². The van der Waals surface area contributed by atoms with Crippen molar-refractivity contribution in [2.75, 3.05) is 19.8 Å². The molecule has 0 bridgehead atoms. The predicted molar refractivity (Wildman–Crippen MR) is 80.1 cm³/mol. The highest BCUT2D eigenvalue weighted by Crippen LogP contribution is 2.23. The molecular weight excluding hydrogens is 282 g/mol. The van der Waals surface area contributed by atoms with Crippen LogP contribution in [0.15, 0.2) is 34.9 Å². The Bertz CT molecular complexity index is 587. The van der Waals surface area contributed by atoms with E-state index < -0.39 is 6.10 Å². The maximum absolute atomic E-state index is 10.4. The minimum Gasteiger partial charge on any atom is -0.388 e. The lowest BCUT2D eigenvalue weighted by Crippen LogP contribution is -2.45. The summed E-state index contributed by atoms with van der Waals surface area (Å²) in [6.45, 7) is 4.50. The van der Waals surface area contributed by atoms with Gasteiger partial charge in [-0.3, -0.25) is 4.90 Å². The van der Waals surface area contributed by atoms with Crippen LogP contribution in [0.25, 0.3) is 0 Å². The van der Waals surface area contributed by atoms with Crippen LogP contribution in [-0.4, -0.2) is 45.9 Å². The van der Waals surface area contributed by atoms with E-state index in [1.54, 1.807) is 0 Å². The second kappa shape index (κ2) is 7.00. The minimum atomic E-state index is -0.500. The maximum Gasteiger partial charge on any atom is 0.240 e. The highest BCUT2D eigenvalue weighted by molar-refractivity contribution is 5.17. The molecule has 0 spiro atoms. The normalized spacial score (nSPS) is 20.9. The molecule has 3 rings (SSSR count). The van der Waals surface area contributed by atoms with Crippen LogP contribution >= 0.6 is 0 Å². The average molecular weight is 303 g/mol. The van der Waals surface area contributed by atoms with E-state index in [9.17, 15) is 5.11 Å². The second-order valence-electron chi connectivity index (χ2n) is 5.60. The molecule has 1 aromatic heterocycles. The molecule has 2 aromatic rings. The molecule has 1 aromatic carbocycles. The molecule has 1 N–H and O–H groups in total. The molecule has 0 aliphatic carbocycles. The number of benzene rings is 1. The van der Waals surface area contributed by atoms with Gasteiger partial charge in [-0.25, -0.2) is 0 Å². The number of rotatable bonds is 5. The fourth-order valence-corrected chi connectivity index (χ4v) is 2.76. The molecule has 6 heteroatoms. The van der Waals surface area contributed by atoms with Gasteiger partial charge in [0.05, 0.1) is 25.9 Å². The Hall–Kier alpha value is -1.76. The van der Waals surface area contributed by atoms with E-state index in [0.29, 0.717) is 37.9 Å². The van der Waals surface area contributed by atoms with E-state index in [1.165, 1.54) is 0 Å². The zero-order valence-electron chi connectivity index (χ0n) is 12.7. The summed E-state index contributed by atoms with van der Waals surface area (Å²) in [7, 11) is 0. The van der Waals surface area contributed by atoms with E-state index in [4.69, 9.17) is 9.26 Å². The summed E-state index contributed by atoms with van der Waals surface area (Å²) in [4.78, 5) is 6.49. The number of hydrogen-bond acceptors (Lipinski definition) is 6. The van der Waals surface area contributed by atoms with Gasteiger partial charge in [0.25, 0.3) is 0 Å². The van der Waals surface area contributed by atoms with Gasteiger partial charge < -0.3 is 14.4 Å². The van der Waals surface area contributed by atoms with E-state index >= 15 is 0 Å². The van der Waals surface area contributed by atoms with Crippen molar-refractivity contribution in [2.24, 2.45) is 0 Å². The van der Waals surface area contributed by atoms with Gasteiger partial charge in [0.1, 0.15) is 0 Å². The van der Waals surface area contributed by atoms with Crippen molar-refractivity contribution in [1.29, 1.82) is 0 Å². The number of aliphatic hydroxyl groups excluding tert-OH is 1. The lowest BCUT2D eigenvalue weighted by molar-refractivity contribution is -0.0335. The number of morpholine rings is 1. The molecule has 118 valence electrons. The van der Waals surface area contributed by atoms with Crippen molar-refractivity contribution in [3.05, 3.63) is 47.6 Å². The molecule has 1 aliphatic heterocycles. The van der Waals surface area contributed by atoms with Crippen LogP contribution < -0.4 is 0 Å². The summed E-state index contributed by atoms with van der Waals surface area (Å²) in [5.74, 6) is 1.25. The van der Waals surface area contributed by atoms with Gasteiger partial charge in [0.2, 0.25) is 5.89 Å². The van der Waals surface area contributed by atoms with Gasteiger partial charge in [-0.15, -0.1) is 0 Å². The first-order valence-corrected chi connectivity index (χ1v) is 7.56. The Morgan fingerprint density at radius 3 is 2.91 bits per heavy atom. The molecule has 0 amide bonds. The number of ether oxygens (including phenoxy) is 1.